The molecule has 2 heterocycles. The molecule has 2 aliphatic rings. The van der Waals surface area contributed by atoms with Gasteiger partial charge in [-0.15, -0.1) is 0 Å². The first-order valence-corrected chi connectivity index (χ1v) is 12.9. The van der Waals surface area contributed by atoms with E-state index in [-0.39, 0.29) is 0 Å². The normalized spacial score (nSPS) is 14.5. The Morgan fingerprint density at radius 2 is 1.73 bits per heavy atom. The van der Waals surface area contributed by atoms with Gasteiger partial charge in [-0.25, -0.2) is 4.79 Å². The highest BCUT2D eigenvalue weighted by Gasteiger charge is 2.21. The van der Waals surface area contributed by atoms with Crippen molar-refractivity contribution in [3.8, 4) is 22.6 Å². The van der Waals surface area contributed by atoms with E-state index < -0.39 is 5.97 Å². The number of hydrogen-bond acceptors (Lipinski definition) is 5. The maximum Gasteiger partial charge on any atom is 0.331 e. The number of hydrogen-bond donors (Lipinski definition) is 1. The largest absolute Gasteiger partial charge is 0.496 e. The van der Waals surface area contributed by atoms with E-state index in [2.05, 4.69) is 23.1 Å². The van der Waals surface area contributed by atoms with Gasteiger partial charge in [0.2, 0.25) is 0 Å². The molecular formula is C31H35NO5. The van der Waals surface area contributed by atoms with Crippen LogP contribution in [0.2, 0.25) is 0 Å². The molecule has 1 saturated heterocycles. The molecule has 0 unspecified atom stereocenters. The molecule has 1 fully saturated rings. The highest BCUT2D eigenvalue weighted by Crippen LogP contribution is 2.37. The van der Waals surface area contributed by atoms with Crippen LogP contribution in [0.5, 0.6) is 11.5 Å². The summed E-state index contributed by atoms with van der Waals surface area (Å²) in [5.74, 6) is 0.763. The molecule has 37 heavy (non-hydrogen) atoms. The second kappa shape index (κ2) is 13.0. The van der Waals surface area contributed by atoms with Gasteiger partial charge in [0.25, 0.3) is 0 Å². The average molecular weight is 502 g/mol. The molecule has 0 bridgehead atoms. The number of anilines is 1. The second-order valence-electron chi connectivity index (χ2n) is 8.98. The van der Waals surface area contributed by atoms with Crippen molar-refractivity contribution in [3.05, 3.63) is 83.4 Å². The predicted octanol–water partition coefficient (Wildman–Crippen LogP) is 6.44. The first-order chi connectivity index (χ1) is 18.1. The summed E-state index contributed by atoms with van der Waals surface area (Å²) < 4.78 is 16.3. The third-order valence-corrected chi connectivity index (χ3v) is 6.50. The van der Waals surface area contributed by atoms with Crippen molar-refractivity contribution >= 4 is 17.7 Å². The number of carbonyl (C=O) groups is 1. The quantitative estimate of drug-likeness (QED) is 0.402. The van der Waals surface area contributed by atoms with Crippen LogP contribution in [0.15, 0.2) is 72.3 Å². The zero-order valence-corrected chi connectivity index (χ0v) is 21.6. The fourth-order valence-electron chi connectivity index (χ4n) is 4.63. The number of aliphatic carboxylic acids is 1. The van der Waals surface area contributed by atoms with E-state index in [4.69, 9.17) is 14.2 Å². The van der Waals surface area contributed by atoms with Gasteiger partial charge < -0.3 is 24.2 Å². The van der Waals surface area contributed by atoms with Gasteiger partial charge >= 0.3 is 5.97 Å². The minimum absolute atomic E-state index is 0.407. The van der Waals surface area contributed by atoms with Crippen LogP contribution >= 0.6 is 0 Å². The van der Waals surface area contributed by atoms with Gasteiger partial charge in [-0.3, -0.25) is 0 Å². The Balaban J connectivity index is 0.000000572. The van der Waals surface area contributed by atoms with Crippen LogP contribution in [0, 0.1) is 0 Å². The SMILES string of the molecule is C1CCOC1.CCOc1ccccc1-c1ccc2c(c1)C=C(C(=O)O)CCN2Cc1ccccc1OC. The monoisotopic (exact) mass is 501 g/mol. The first-order valence-electron chi connectivity index (χ1n) is 12.9. The van der Waals surface area contributed by atoms with E-state index >= 15 is 0 Å². The third kappa shape index (κ3) is 6.71. The van der Waals surface area contributed by atoms with Crippen LogP contribution in [-0.4, -0.2) is 44.6 Å². The third-order valence-electron chi connectivity index (χ3n) is 6.50. The van der Waals surface area contributed by atoms with Crippen molar-refractivity contribution in [3.63, 3.8) is 0 Å². The van der Waals surface area contributed by atoms with Crippen LogP contribution in [0.3, 0.4) is 0 Å². The van der Waals surface area contributed by atoms with Gasteiger partial charge in [0.1, 0.15) is 11.5 Å². The van der Waals surface area contributed by atoms with E-state index in [0.717, 1.165) is 52.7 Å². The fraction of sp³-hybridized carbons (Fsp3) is 0.323. The van der Waals surface area contributed by atoms with Crippen LogP contribution in [0.4, 0.5) is 5.69 Å². The van der Waals surface area contributed by atoms with Gasteiger partial charge in [0.05, 0.1) is 13.7 Å². The van der Waals surface area contributed by atoms with E-state index in [1.54, 1.807) is 13.2 Å². The summed E-state index contributed by atoms with van der Waals surface area (Å²) in [5.41, 5.74) is 5.34. The number of nitrogens with zero attached hydrogens (tertiary/aromatic N) is 1. The van der Waals surface area contributed by atoms with Crippen molar-refractivity contribution in [2.75, 3.05) is 38.4 Å². The zero-order chi connectivity index (χ0) is 26.0. The Morgan fingerprint density at radius 3 is 2.41 bits per heavy atom. The van der Waals surface area contributed by atoms with Crippen LogP contribution in [0.25, 0.3) is 17.2 Å². The van der Waals surface area contributed by atoms with Gasteiger partial charge in [0.15, 0.2) is 0 Å². The number of methoxy groups -OCH3 is 1. The number of carboxylic acid groups (broad SMARTS) is 1. The number of benzene rings is 3. The Bertz CT molecular complexity index is 1220. The Hall–Kier alpha value is -3.77. The molecule has 5 rings (SSSR count). The second-order valence-corrected chi connectivity index (χ2v) is 8.98. The summed E-state index contributed by atoms with van der Waals surface area (Å²) >= 11 is 0. The lowest BCUT2D eigenvalue weighted by atomic mass is 9.99. The van der Waals surface area contributed by atoms with Crippen molar-refractivity contribution in [2.45, 2.75) is 32.7 Å². The Labute approximate surface area is 219 Å². The minimum Gasteiger partial charge on any atom is -0.496 e. The first kappa shape index (κ1) is 26.3. The molecular weight excluding hydrogens is 466 g/mol. The summed E-state index contributed by atoms with van der Waals surface area (Å²) in [6.07, 6.45) is 4.82. The molecule has 3 aromatic carbocycles. The molecule has 6 heteroatoms. The van der Waals surface area contributed by atoms with Crippen molar-refractivity contribution in [1.29, 1.82) is 0 Å². The molecule has 0 aromatic heterocycles. The van der Waals surface area contributed by atoms with Crippen molar-refractivity contribution in [2.24, 2.45) is 0 Å². The number of rotatable bonds is 7. The van der Waals surface area contributed by atoms with E-state index in [1.807, 2.05) is 55.5 Å². The van der Waals surface area contributed by atoms with E-state index in [9.17, 15) is 9.90 Å². The molecule has 0 radical (unpaired) electrons. The van der Waals surface area contributed by atoms with Crippen molar-refractivity contribution in [1.82, 2.24) is 0 Å². The molecule has 0 atom stereocenters. The lowest BCUT2D eigenvalue weighted by molar-refractivity contribution is -0.132. The lowest BCUT2D eigenvalue weighted by Gasteiger charge is -2.26. The van der Waals surface area contributed by atoms with E-state index in [0.29, 0.717) is 31.7 Å². The molecule has 0 aliphatic carbocycles. The maximum atomic E-state index is 11.8. The number of ether oxygens (including phenoxy) is 3. The summed E-state index contributed by atoms with van der Waals surface area (Å²) in [4.78, 5) is 14.1. The molecule has 1 N–H and O–H groups in total. The topological polar surface area (TPSA) is 68.2 Å². The molecule has 0 amide bonds. The molecule has 2 aliphatic heterocycles. The van der Waals surface area contributed by atoms with E-state index in [1.165, 1.54) is 12.8 Å². The van der Waals surface area contributed by atoms with Gasteiger partial charge in [-0.2, -0.15) is 0 Å². The number of para-hydroxylation sites is 2. The molecule has 3 aromatic rings. The summed E-state index contributed by atoms with van der Waals surface area (Å²) in [7, 11) is 1.67. The van der Waals surface area contributed by atoms with Gasteiger partial charge in [0, 0.05) is 48.7 Å². The zero-order valence-electron chi connectivity index (χ0n) is 21.6. The van der Waals surface area contributed by atoms with Gasteiger partial charge in [-0.05, 0) is 67.7 Å². The van der Waals surface area contributed by atoms with Crippen LogP contribution < -0.4 is 14.4 Å². The van der Waals surface area contributed by atoms with Crippen LogP contribution in [0.1, 0.15) is 37.3 Å². The molecule has 0 spiro atoms. The molecule has 6 nitrogen and oxygen atoms in total. The smallest absolute Gasteiger partial charge is 0.331 e. The number of fused-ring (bicyclic) bond motifs is 1. The van der Waals surface area contributed by atoms with Gasteiger partial charge in [-0.1, -0.05) is 42.5 Å². The summed E-state index contributed by atoms with van der Waals surface area (Å²) in [6, 6.07) is 22.0. The molecule has 194 valence electrons. The number of carboxylic acids is 1. The average Bonchev–Trinajstić information content (AvgIpc) is 3.46. The maximum absolute atomic E-state index is 11.8. The Morgan fingerprint density at radius 1 is 1.00 bits per heavy atom. The summed E-state index contributed by atoms with van der Waals surface area (Å²) in [5, 5.41) is 9.72. The molecule has 0 saturated carbocycles. The highest BCUT2D eigenvalue weighted by molar-refractivity contribution is 5.94. The standard InChI is InChI=1S/C27H27NO4.C4H8O/c1-3-32-26-11-7-5-9-23(26)19-12-13-24-22(16-19)17-20(27(29)30)14-15-28(24)18-21-8-4-6-10-25(21)31-2;1-2-4-5-3-1/h4-13,16-17H,3,14-15,18H2,1-2H3,(H,29,30);1-4H2. The Kier molecular flexibility index (Phi) is 9.22. The fourth-order valence-corrected chi connectivity index (χ4v) is 4.63. The summed E-state index contributed by atoms with van der Waals surface area (Å²) in [6.45, 7) is 5.79. The van der Waals surface area contributed by atoms with Crippen molar-refractivity contribution < 1.29 is 24.1 Å². The predicted molar refractivity (Wildman–Crippen MR) is 147 cm³/mol. The van der Waals surface area contributed by atoms with Crippen LogP contribution in [-0.2, 0) is 16.1 Å². The lowest BCUT2D eigenvalue weighted by Crippen LogP contribution is -2.24. The highest BCUT2D eigenvalue weighted by atomic mass is 16.5. The minimum atomic E-state index is -0.879.